The summed E-state index contributed by atoms with van der Waals surface area (Å²) < 4.78 is 0. The minimum absolute atomic E-state index is 0.352. The number of aryl methyl sites for hydroxylation is 3. The van der Waals surface area contributed by atoms with Crippen molar-refractivity contribution in [3.05, 3.63) is 56.8 Å². The van der Waals surface area contributed by atoms with Gasteiger partial charge in [0.15, 0.2) is 0 Å². The van der Waals surface area contributed by atoms with Crippen molar-refractivity contribution >= 4 is 27.3 Å². The average molecular weight is 335 g/mol. The van der Waals surface area contributed by atoms with Gasteiger partial charge in [-0.2, -0.15) is 0 Å². The van der Waals surface area contributed by atoms with Gasteiger partial charge in [0.25, 0.3) is 0 Å². The van der Waals surface area contributed by atoms with Gasteiger partial charge in [0.2, 0.25) is 0 Å². The normalized spacial score (nSPS) is 16.1. The zero-order valence-electron chi connectivity index (χ0n) is 11.3. The fourth-order valence-electron chi connectivity index (χ4n) is 2.80. The first-order chi connectivity index (χ1) is 9.28. The highest BCUT2D eigenvalue weighted by Gasteiger charge is 2.16. The maximum atomic E-state index is 3.87. The minimum Gasteiger partial charge on any atom is -0.144 e. The van der Waals surface area contributed by atoms with Crippen molar-refractivity contribution in [3.8, 4) is 0 Å². The molecule has 0 N–H and O–H groups in total. The van der Waals surface area contributed by atoms with Gasteiger partial charge in [-0.15, -0.1) is 11.3 Å². The molecule has 0 saturated heterocycles. The van der Waals surface area contributed by atoms with Gasteiger partial charge in [-0.05, 0) is 60.9 Å². The summed E-state index contributed by atoms with van der Waals surface area (Å²) in [6.45, 7) is 2.22. The molecular formula is C17H19BrS. The van der Waals surface area contributed by atoms with E-state index in [9.17, 15) is 0 Å². The van der Waals surface area contributed by atoms with E-state index >= 15 is 0 Å². The van der Waals surface area contributed by atoms with E-state index in [1.165, 1.54) is 41.0 Å². The molecular weight excluding hydrogens is 316 g/mol. The van der Waals surface area contributed by atoms with Crippen LogP contribution in [0.2, 0.25) is 0 Å². The van der Waals surface area contributed by atoms with Crippen LogP contribution in [0.3, 0.4) is 0 Å². The second-order valence-electron chi connectivity index (χ2n) is 5.26. The summed E-state index contributed by atoms with van der Waals surface area (Å²) in [5.74, 6) is 0. The van der Waals surface area contributed by atoms with Crippen LogP contribution in [0.1, 0.15) is 51.0 Å². The number of hydrogen-bond donors (Lipinski definition) is 0. The van der Waals surface area contributed by atoms with Crippen molar-refractivity contribution in [1.29, 1.82) is 0 Å². The van der Waals surface area contributed by atoms with Crippen LogP contribution in [0.4, 0.5) is 0 Å². The van der Waals surface area contributed by atoms with Crippen molar-refractivity contribution in [1.82, 2.24) is 0 Å². The van der Waals surface area contributed by atoms with Crippen LogP contribution in [0.15, 0.2) is 30.3 Å². The van der Waals surface area contributed by atoms with Crippen molar-refractivity contribution < 1.29 is 0 Å². The van der Waals surface area contributed by atoms with Crippen molar-refractivity contribution in [2.75, 3.05) is 0 Å². The summed E-state index contributed by atoms with van der Waals surface area (Å²) in [5.41, 5.74) is 4.54. The number of thiophene rings is 1. The largest absolute Gasteiger partial charge is 0.144 e. The van der Waals surface area contributed by atoms with Gasteiger partial charge in [0, 0.05) is 9.75 Å². The first-order valence-electron chi connectivity index (χ1n) is 7.12. The molecule has 1 aromatic carbocycles. The van der Waals surface area contributed by atoms with Gasteiger partial charge in [-0.3, -0.25) is 0 Å². The molecule has 1 aliphatic rings. The van der Waals surface area contributed by atoms with E-state index in [0.717, 1.165) is 6.42 Å². The predicted molar refractivity (Wildman–Crippen MR) is 87.6 cm³/mol. The van der Waals surface area contributed by atoms with Gasteiger partial charge < -0.3 is 0 Å². The van der Waals surface area contributed by atoms with Crippen molar-refractivity contribution in [2.45, 2.75) is 43.9 Å². The van der Waals surface area contributed by atoms with Crippen LogP contribution >= 0.6 is 27.3 Å². The summed E-state index contributed by atoms with van der Waals surface area (Å²) in [5, 5.41) is 0. The average Bonchev–Trinajstić information content (AvgIpc) is 2.95. The Bertz CT molecular complexity index is 570. The molecule has 0 aliphatic heterocycles. The Morgan fingerprint density at radius 1 is 1.11 bits per heavy atom. The lowest BCUT2D eigenvalue weighted by atomic mass is 9.90. The zero-order chi connectivity index (χ0) is 13.2. The van der Waals surface area contributed by atoms with Gasteiger partial charge >= 0.3 is 0 Å². The predicted octanol–water partition coefficient (Wildman–Crippen LogP) is 5.67. The Hall–Kier alpha value is -0.600. The van der Waals surface area contributed by atoms with E-state index in [4.69, 9.17) is 0 Å². The number of rotatable bonds is 3. The van der Waals surface area contributed by atoms with E-state index in [2.05, 4.69) is 53.2 Å². The lowest BCUT2D eigenvalue weighted by Gasteiger charge is -2.18. The topological polar surface area (TPSA) is 0 Å². The molecule has 0 nitrogen and oxygen atoms in total. The van der Waals surface area contributed by atoms with Crippen LogP contribution in [-0.4, -0.2) is 0 Å². The van der Waals surface area contributed by atoms with Crippen LogP contribution < -0.4 is 0 Å². The highest BCUT2D eigenvalue weighted by molar-refractivity contribution is 9.09. The molecule has 0 spiro atoms. The molecule has 1 unspecified atom stereocenters. The molecule has 0 fully saturated rings. The van der Waals surface area contributed by atoms with Crippen molar-refractivity contribution in [2.24, 2.45) is 0 Å². The highest BCUT2D eigenvalue weighted by Crippen LogP contribution is 2.37. The lowest BCUT2D eigenvalue weighted by Crippen LogP contribution is -2.03. The molecule has 1 aliphatic carbocycles. The first kappa shape index (κ1) is 13.4. The van der Waals surface area contributed by atoms with Crippen LogP contribution in [0, 0.1) is 0 Å². The molecule has 1 heterocycles. The molecule has 0 radical (unpaired) electrons. The smallest absolute Gasteiger partial charge is 0.0738 e. The Labute approximate surface area is 128 Å². The molecule has 0 bridgehead atoms. The Morgan fingerprint density at radius 2 is 1.89 bits per heavy atom. The first-order valence-corrected chi connectivity index (χ1v) is 8.85. The Morgan fingerprint density at radius 3 is 2.63 bits per heavy atom. The molecule has 1 atom stereocenters. The summed E-state index contributed by atoms with van der Waals surface area (Å²) in [7, 11) is 0. The number of benzene rings is 1. The second-order valence-corrected chi connectivity index (χ2v) is 7.37. The zero-order valence-corrected chi connectivity index (χ0v) is 13.7. The summed E-state index contributed by atoms with van der Waals surface area (Å²) in [4.78, 5) is 3.25. The van der Waals surface area contributed by atoms with Gasteiger partial charge in [-0.25, -0.2) is 0 Å². The van der Waals surface area contributed by atoms with E-state index in [-0.39, 0.29) is 0 Å². The summed E-state index contributed by atoms with van der Waals surface area (Å²) in [6, 6.07) is 11.6. The number of alkyl halides is 1. The Balaban J connectivity index is 1.88. The van der Waals surface area contributed by atoms with E-state index in [1.807, 2.05) is 11.3 Å². The molecule has 3 rings (SSSR count). The second kappa shape index (κ2) is 5.80. The van der Waals surface area contributed by atoms with Gasteiger partial charge in [0.1, 0.15) is 0 Å². The fraction of sp³-hybridized carbons (Fsp3) is 0.412. The van der Waals surface area contributed by atoms with Crippen LogP contribution in [0.5, 0.6) is 0 Å². The molecule has 1 aromatic heterocycles. The van der Waals surface area contributed by atoms with Crippen LogP contribution in [-0.2, 0) is 19.3 Å². The maximum Gasteiger partial charge on any atom is 0.0738 e. The monoisotopic (exact) mass is 334 g/mol. The fourth-order valence-corrected chi connectivity index (χ4v) is 4.47. The lowest BCUT2D eigenvalue weighted by molar-refractivity contribution is 0.684. The number of halogens is 1. The van der Waals surface area contributed by atoms with E-state index < -0.39 is 0 Å². The molecule has 0 saturated carbocycles. The third-order valence-electron chi connectivity index (χ3n) is 3.95. The third-order valence-corrected chi connectivity index (χ3v) is 6.57. The maximum absolute atomic E-state index is 3.87. The van der Waals surface area contributed by atoms with Gasteiger partial charge in [-0.1, -0.05) is 41.1 Å². The highest BCUT2D eigenvalue weighted by atomic mass is 79.9. The van der Waals surface area contributed by atoms with Gasteiger partial charge in [0.05, 0.1) is 4.83 Å². The molecule has 2 aromatic rings. The Kier molecular flexibility index (Phi) is 4.09. The molecule has 2 heteroatoms. The minimum atomic E-state index is 0.352. The van der Waals surface area contributed by atoms with E-state index in [1.54, 1.807) is 11.1 Å². The molecule has 0 amide bonds. The number of fused-ring (bicyclic) bond motifs is 1. The summed E-state index contributed by atoms with van der Waals surface area (Å²) in [6.07, 6.45) is 6.36. The quantitative estimate of drug-likeness (QED) is 0.634. The van der Waals surface area contributed by atoms with Crippen molar-refractivity contribution in [3.63, 3.8) is 0 Å². The van der Waals surface area contributed by atoms with E-state index in [0.29, 0.717) is 4.83 Å². The standard InChI is InChI=1S/C17H19BrS/c1-2-15-9-10-16(19-15)17(18)14-8-7-12-5-3-4-6-13(12)11-14/h7-11,17H,2-6H2,1H3. The SMILES string of the molecule is CCc1ccc(C(Br)c2ccc3c(c2)CCCC3)s1. The number of hydrogen-bond acceptors (Lipinski definition) is 1. The third kappa shape index (κ3) is 2.80. The molecule has 100 valence electrons. The van der Waals surface area contributed by atoms with Crippen LogP contribution in [0.25, 0.3) is 0 Å². The molecule has 19 heavy (non-hydrogen) atoms. The summed E-state index contributed by atoms with van der Waals surface area (Å²) >= 11 is 5.80.